The van der Waals surface area contributed by atoms with Crippen molar-refractivity contribution in [3.8, 4) is 0 Å². The van der Waals surface area contributed by atoms with Crippen LogP contribution in [0.25, 0.3) is 0 Å². The zero-order valence-corrected chi connectivity index (χ0v) is 7.90. The molecule has 1 aromatic rings. The van der Waals surface area contributed by atoms with E-state index in [1.807, 2.05) is 25.0 Å². The molecule has 2 rings (SSSR count). The molecule has 1 aliphatic rings. The van der Waals surface area contributed by atoms with Crippen molar-refractivity contribution in [2.45, 2.75) is 13.2 Å². The number of hydrogen-bond donors (Lipinski definition) is 0. The Labute approximate surface area is 78.8 Å². The highest BCUT2D eigenvalue weighted by Gasteiger charge is 2.25. The van der Waals surface area contributed by atoms with Crippen LogP contribution in [0.2, 0.25) is 6.82 Å². The summed E-state index contributed by atoms with van der Waals surface area (Å²) < 4.78 is 11.4. The van der Waals surface area contributed by atoms with Crippen molar-refractivity contribution in [2.75, 3.05) is 13.2 Å². The molecule has 13 heavy (non-hydrogen) atoms. The molecule has 0 aromatic heterocycles. The Kier molecular flexibility index (Phi) is 2.38. The van der Waals surface area contributed by atoms with Gasteiger partial charge in [-0.1, -0.05) is 30.3 Å². The summed E-state index contributed by atoms with van der Waals surface area (Å²) in [5.41, 5.74) is 1.15. The minimum Gasteiger partial charge on any atom is -0.564 e. The maximum absolute atomic E-state index is 5.69. The Morgan fingerprint density at radius 3 is 2.31 bits per heavy atom. The van der Waals surface area contributed by atoms with Crippen LogP contribution in [0.1, 0.15) is 6.42 Å². The van der Waals surface area contributed by atoms with Crippen molar-refractivity contribution >= 4 is 12.0 Å². The zero-order chi connectivity index (χ0) is 9.15. The lowest BCUT2D eigenvalue weighted by molar-refractivity contribution is 0.124. The Balaban J connectivity index is 2.23. The first-order valence-electron chi connectivity index (χ1n) is 4.83. The van der Waals surface area contributed by atoms with Gasteiger partial charge in [-0.05, 0) is 6.42 Å². The second kappa shape index (κ2) is 3.52. The Bertz CT molecular complexity index is 268. The third-order valence-electron chi connectivity index (χ3n) is 2.57. The Morgan fingerprint density at radius 1 is 1.08 bits per heavy atom. The molecule has 70 valence electrons. The second-order valence-corrected chi connectivity index (χ2v) is 3.60. The van der Waals surface area contributed by atoms with E-state index in [0.717, 1.165) is 25.1 Å². The molecule has 1 aromatic carbocycles. The number of hydrogen-bond acceptors (Lipinski definition) is 2. The van der Waals surface area contributed by atoms with Gasteiger partial charge in [-0.15, -0.1) is 6.82 Å². The molecule has 1 saturated heterocycles. The van der Waals surface area contributed by atoms with Gasteiger partial charge < -0.3 is 9.31 Å². The molecule has 0 unspecified atom stereocenters. The largest absolute Gasteiger partial charge is 0.564 e. The van der Waals surface area contributed by atoms with Crippen LogP contribution < -0.4 is 5.46 Å². The van der Waals surface area contributed by atoms with Crippen LogP contribution in [-0.2, 0) is 9.31 Å². The summed E-state index contributed by atoms with van der Waals surface area (Å²) >= 11 is 0. The van der Waals surface area contributed by atoms with Crippen molar-refractivity contribution < 1.29 is 9.31 Å². The minimum absolute atomic E-state index is 0.811. The van der Waals surface area contributed by atoms with Gasteiger partial charge >= 0.3 is 0 Å². The van der Waals surface area contributed by atoms with Gasteiger partial charge in [-0.3, -0.25) is 0 Å². The quantitative estimate of drug-likeness (QED) is 0.603. The Morgan fingerprint density at radius 2 is 1.69 bits per heavy atom. The van der Waals surface area contributed by atoms with E-state index in [1.165, 1.54) is 0 Å². The van der Waals surface area contributed by atoms with E-state index >= 15 is 0 Å². The van der Waals surface area contributed by atoms with Crippen LogP contribution in [0.15, 0.2) is 30.3 Å². The molecule has 0 aliphatic carbocycles. The summed E-state index contributed by atoms with van der Waals surface area (Å²) in [4.78, 5) is 0. The van der Waals surface area contributed by atoms with Gasteiger partial charge in [0.05, 0.1) is 0 Å². The van der Waals surface area contributed by atoms with E-state index in [2.05, 4.69) is 12.1 Å². The van der Waals surface area contributed by atoms with Crippen LogP contribution in [-0.4, -0.2) is 19.8 Å². The number of benzene rings is 1. The molecule has 2 nitrogen and oxygen atoms in total. The maximum Gasteiger partial charge on any atom is 0.266 e. The normalized spacial score (nSPS) is 21.3. The average molecular weight is 177 g/mol. The molecular weight excluding hydrogens is 163 g/mol. The monoisotopic (exact) mass is 177 g/mol. The van der Waals surface area contributed by atoms with Gasteiger partial charge in [0.1, 0.15) is 0 Å². The van der Waals surface area contributed by atoms with Crippen molar-refractivity contribution in [3.05, 3.63) is 30.3 Å². The van der Waals surface area contributed by atoms with Crippen molar-refractivity contribution in [3.63, 3.8) is 0 Å². The first-order valence-corrected chi connectivity index (χ1v) is 4.83. The maximum atomic E-state index is 5.69. The summed E-state index contributed by atoms with van der Waals surface area (Å²) in [6.45, 7) is 2.46. The number of rotatable bonds is 1. The third-order valence-corrected chi connectivity index (χ3v) is 2.57. The fraction of sp³-hybridized carbons (Fsp3) is 0.400. The van der Waals surface area contributed by atoms with E-state index in [1.54, 1.807) is 0 Å². The van der Waals surface area contributed by atoms with E-state index in [4.69, 9.17) is 9.31 Å². The molecule has 0 amide bonds. The van der Waals surface area contributed by atoms with Crippen LogP contribution >= 0.6 is 0 Å². The van der Waals surface area contributed by atoms with Crippen molar-refractivity contribution in [2.24, 2.45) is 0 Å². The summed E-state index contributed by atoms with van der Waals surface area (Å²) in [6.07, 6.45) is 1.00. The van der Waals surface area contributed by atoms with Crippen LogP contribution in [0.4, 0.5) is 0 Å². The van der Waals surface area contributed by atoms with E-state index in [-0.39, 0.29) is 0 Å². The SMILES string of the molecule is C[B-]1(c2ccccc2)OCCCO1. The van der Waals surface area contributed by atoms with Crippen LogP contribution in [0.5, 0.6) is 0 Å². The highest BCUT2D eigenvalue weighted by atomic mass is 16.6. The van der Waals surface area contributed by atoms with Crippen molar-refractivity contribution in [1.82, 2.24) is 0 Å². The molecule has 1 fully saturated rings. The van der Waals surface area contributed by atoms with Crippen LogP contribution in [0.3, 0.4) is 0 Å². The zero-order valence-electron chi connectivity index (χ0n) is 7.90. The first kappa shape index (κ1) is 8.79. The lowest BCUT2D eigenvalue weighted by Gasteiger charge is -2.42. The highest BCUT2D eigenvalue weighted by molar-refractivity contribution is 6.80. The summed E-state index contributed by atoms with van der Waals surface area (Å²) in [7, 11) is 0. The molecular formula is C10H14BO2-. The van der Waals surface area contributed by atoms with Gasteiger partial charge in [0.2, 0.25) is 0 Å². The first-order chi connectivity index (χ1) is 6.31. The Hall–Kier alpha value is -0.795. The minimum atomic E-state index is -1.20. The molecule has 0 N–H and O–H groups in total. The molecule has 1 aliphatic heterocycles. The van der Waals surface area contributed by atoms with E-state index < -0.39 is 6.55 Å². The molecule has 0 spiro atoms. The summed E-state index contributed by atoms with van der Waals surface area (Å²) in [6, 6.07) is 10.2. The van der Waals surface area contributed by atoms with Gasteiger partial charge in [0, 0.05) is 13.2 Å². The fourth-order valence-electron chi connectivity index (χ4n) is 1.72. The predicted octanol–water partition coefficient (Wildman–Crippen LogP) is 1.40. The van der Waals surface area contributed by atoms with E-state index in [0.29, 0.717) is 0 Å². The fourth-order valence-corrected chi connectivity index (χ4v) is 1.72. The summed E-state index contributed by atoms with van der Waals surface area (Å²) in [5.74, 6) is 0. The third kappa shape index (κ3) is 1.76. The van der Waals surface area contributed by atoms with Gasteiger partial charge in [0.25, 0.3) is 6.55 Å². The van der Waals surface area contributed by atoms with Gasteiger partial charge in [-0.2, -0.15) is 5.46 Å². The topological polar surface area (TPSA) is 18.5 Å². The molecule has 1 heterocycles. The lowest BCUT2D eigenvalue weighted by Crippen LogP contribution is -2.53. The van der Waals surface area contributed by atoms with E-state index in [9.17, 15) is 0 Å². The highest BCUT2D eigenvalue weighted by Crippen LogP contribution is 2.13. The second-order valence-electron chi connectivity index (χ2n) is 3.60. The average Bonchev–Trinajstić information content (AvgIpc) is 2.20. The lowest BCUT2D eigenvalue weighted by atomic mass is 9.53. The smallest absolute Gasteiger partial charge is 0.266 e. The van der Waals surface area contributed by atoms with Crippen LogP contribution in [0, 0.1) is 0 Å². The molecule has 3 heteroatoms. The van der Waals surface area contributed by atoms with Crippen molar-refractivity contribution in [1.29, 1.82) is 0 Å². The molecule has 0 radical (unpaired) electrons. The van der Waals surface area contributed by atoms with Gasteiger partial charge in [-0.25, -0.2) is 0 Å². The standard InChI is InChI=1S/C10H14BO2/c1-11(12-8-5-9-13-11)10-6-3-2-4-7-10/h2-4,6-7H,5,8-9H2,1H3/q-1. The summed E-state index contributed by atoms with van der Waals surface area (Å²) in [5, 5.41) is 0. The predicted molar refractivity (Wildman–Crippen MR) is 54.2 cm³/mol. The van der Waals surface area contributed by atoms with Gasteiger partial charge in [0.15, 0.2) is 0 Å². The molecule has 0 bridgehead atoms. The molecule has 0 saturated carbocycles. The molecule has 0 atom stereocenters.